The molecule has 146 valence electrons. The summed E-state index contributed by atoms with van der Waals surface area (Å²) in [5, 5.41) is 16.2. The van der Waals surface area contributed by atoms with Crippen LogP contribution in [-0.2, 0) is 11.3 Å². The number of nitrogens with zero attached hydrogens (tertiary/aromatic N) is 1. The lowest BCUT2D eigenvalue weighted by Gasteiger charge is -2.10. The second-order valence-corrected chi connectivity index (χ2v) is 6.01. The number of benzene rings is 2. The van der Waals surface area contributed by atoms with Gasteiger partial charge in [0, 0.05) is 18.7 Å². The molecule has 0 bridgehead atoms. The molecule has 0 saturated carbocycles. The van der Waals surface area contributed by atoms with Gasteiger partial charge in [0.2, 0.25) is 0 Å². The molecule has 0 radical (unpaired) electrons. The number of nitro groups is 1. The number of hydrogen-bond acceptors (Lipinski definition) is 5. The van der Waals surface area contributed by atoms with Crippen LogP contribution in [0.2, 0.25) is 0 Å². The van der Waals surface area contributed by atoms with Crippen LogP contribution < -0.4 is 10.6 Å². The number of amides is 2. The van der Waals surface area contributed by atoms with Crippen LogP contribution in [0.25, 0.3) is 6.08 Å². The molecule has 0 aliphatic rings. The number of carbonyl (C=O) groups excluding carboxylic acids is 2. The fraction of sp³-hybridized carbons (Fsp3) is 0.0476. The predicted molar refractivity (Wildman–Crippen MR) is 106 cm³/mol. The zero-order chi connectivity index (χ0) is 20.6. The number of furan rings is 1. The first kappa shape index (κ1) is 19.6. The summed E-state index contributed by atoms with van der Waals surface area (Å²) in [6.45, 7) is 0.253. The first-order valence-corrected chi connectivity index (χ1v) is 8.66. The molecule has 0 aliphatic carbocycles. The number of non-ortho nitro benzene ring substituents is 1. The molecule has 0 unspecified atom stereocenters. The highest BCUT2D eigenvalue weighted by Gasteiger charge is 2.17. The van der Waals surface area contributed by atoms with Crippen LogP contribution >= 0.6 is 0 Å². The summed E-state index contributed by atoms with van der Waals surface area (Å²) in [6, 6.07) is 18.0. The minimum absolute atomic E-state index is 0.0331. The van der Waals surface area contributed by atoms with Crippen LogP contribution in [0.15, 0.2) is 83.1 Å². The molecule has 1 aromatic heterocycles. The smallest absolute Gasteiger partial charge is 0.291 e. The predicted octanol–water partition coefficient (Wildman–Crippen LogP) is 3.28. The molecule has 0 atom stereocenters. The fourth-order valence-corrected chi connectivity index (χ4v) is 2.52. The van der Waals surface area contributed by atoms with Crippen LogP contribution in [0.5, 0.6) is 0 Å². The van der Waals surface area contributed by atoms with E-state index >= 15 is 0 Å². The third-order valence-electron chi connectivity index (χ3n) is 3.93. The lowest BCUT2D eigenvalue weighted by Crippen LogP contribution is -2.34. The zero-order valence-electron chi connectivity index (χ0n) is 15.2. The number of hydrogen-bond donors (Lipinski definition) is 2. The molecule has 1 heterocycles. The van der Waals surface area contributed by atoms with Crippen molar-refractivity contribution in [2.75, 3.05) is 0 Å². The van der Waals surface area contributed by atoms with Crippen molar-refractivity contribution >= 4 is 23.6 Å². The van der Waals surface area contributed by atoms with Gasteiger partial charge in [0.1, 0.15) is 5.70 Å². The van der Waals surface area contributed by atoms with Crippen LogP contribution in [0.4, 0.5) is 5.69 Å². The summed E-state index contributed by atoms with van der Waals surface area (Å²) in [4.78, 5) is 35.5. The van der Waals surface area contributed by atoms with E-state index in [1.165, 1.54) is 36.6 Å². The van der Waals surface area contributed by atoms with E-state index < -0.39 is 16.7 Å². The van der Waals surface area contributed by atoms with E-state index in [2.05, 4.69) is 10.6 Å². The van der Waals surface area contributed by atoms with Crippen molar-refractivity contribution in [1.29, 1.82) is 0 Å². The molecule has 2 aromatic carbocycles. The maximum absolute atomic E-state index is 12.7. The SMILES string of the molecule is O=C(NCc1ccccc1)/C(=C/c1cccc([N+](=O)[O-])c1)NC(=O)c1ccco1. The monoisotopic (exact) mass is 391 g/mol. The molecule has 3 aromatic rings. The largest absolute Gasteiger partial charge is 0.459 e. The Bertz CT molecular complexity index is 1040. The first-order valence-electron chi connectivity index (χ1n) is 8.66. The Morgan fingerprint density at radius 3 is 2.52 bits per heavy atom. The van der Waals surface area contributed by atoms with E-state index in [0.29, 0.717) is 5.56 Å². The van der Waals surface area contributed by atoms with E-state index in [-0.39, 0.29) is 23.7 Å². The molecule has 0 saturated heterocycles. The molecule has 2 amide bonds. The van der Waals surface area contributed by atoms with Crippen molar-refractivity contribution in [3.63, 3.8) is 0 Å². The van der Waals surface area contributed by atoms with Crippen molar-refractivity contribution in [3.8, 4) is 0 Å². The molecule has 0 aliphatic heterocycles. The summed E-state index contributed by atoms with van der Waals surface area (Å²) in [7, 11) is 0. The van der Waals surface area contributed by atoms with Gasteiger partial charge in [-0.2, -0.15) is 0 Å². The highest BCUT2D eigenvalue weighted by atomic mass is 16.6. The van der Waals surface area contributed by atoms with Crippen molar-refractivity contribution < 1.29 is 18.9 Å². The van der Waals surface area contributed by atoms with E-state index in [1.54, 1.807) is 12.1 Å². The topological polar surface area (TPSA) is 114 Å². The number of carbonyl (C=O) groups is 2. The van der Waals surface area contributed by atoms with Gasteiger partial charge in [-0.25, -0.2) is 0 Å². The van der Waals surface area contributed by atoms with E-state index in [0.717, 1.165) is 5.56 Å². The van der Waals surface area contributed by atoms with Crippen molar-refractivity contribution in [3.05, 3.63) is 106 Å². The van der Waals surface area contributed by atoms with Crippen molar-refractivity contribution in [1.82, 2.24) is 10.6 Å². The second kappa shape index (κ2) is 9.14. The van der Waals surface area contributed by atoms with Gasteiger partial charge in [-0.15, -0.1) is 0 Å². The molecular formula is C21H17N3O5. The second-order valence-electron chi connectivity index (χ2n) is 6.01. The first-order chi connectivity index (χ1) is 14.0. The van der Waals surface area contributed by atoms with Gasteiger partial charge in [0.25, 0.3) is 17.5 Å². The van der Waals surface area contributed by atoms with Gasteiger partial charge in [-0.05, 0) is 29.3 Å². The highest BCUT2D eigenvalue weighted by molar-refractivity contribution is 6.04. The molecule has 8 heteroatoms. The van der Waals surface area contributed by atoms with Gasteiger partial charge < -0.3 is 15.1 Å². The van der Waals surface area contributed by atoms with Gasteiger partial charge in [-0.3, -0.25) is 19.7 Å². The lowest BCUT2D eigenvalue weighted by molar-refractivity contribution is -0.384. The Kier molecular flexibility index (Phi) is 6.16. The Labute approximate surface area is 166 Å². The van der Waals surface area contributed by atoms with Crippen molar-refractivity contribution in [2.45, 2.75) is 6.54 Å². The standard InChI is InChI=1S/C21H17N3O5/c25-20(22-14-15-6-2-1-3-7-15)18(23-21(26)19-10-5-11-29-19)13-16-8-4-9-17(12-16)24(27)28/h1-13H,14H2,(H,22,25)(H,23,26)/b18-13-. The summed E-state index contributed by atoms with van der Waals surface area (Å²) in [5.41, 5.74) is 1.08. The normalized spacial score (nSPS) is 11.0. The third-order valence-corrected chi connectivity index (χ3v) is 3.93. The summed E-state index contributed by atoms with van der Waals surface area (Å²) < 4.78 is 5.05. The lowest BCUT2D eigenvalue weighted by atomic mass is 10.1. The maximum atomic E-state index is 12.7. The molecule has 2 N–H and O–H groups in total. The van der Waals surface area contributed by atoms with Crippen LogP contribution in [0, 0.1) is 10.1 Å². The highest BCUT2D eigenvalue weighted by Crippen LogP contribution is 2.16. The average molecular weight is 391 g/mol. The minimum Gasteiger partial charge on any atom is -0.459 e. The summed E-state index contributed by atoms with van der Waals surface area (Å²) >= 11 is 0. The van der Waals surface area contributed by atoms with Crippen molar-refractivity contribution in [2.24, 2.45) is 0 Å². The van der Waals surface area contributed by atoms with Crippen LogP contribution in [0.1, 0.15) is 21.7 Å². The van der Waals surface area contributed by atoms with Crippen LogP contribution in [-0.4, -0.2) is 16.7 Å². The fourth-order valence-electron chi connectivity index (χ4n) is 2.52. The molecule has 0 fully saturated rings. The van der Waals surface area contributed by atoms with E-state index in [4.69, 9.17) is 4.42 Å². The average Bonchev–Trinajstić information content (AvgIpc) is 3.27. The molecule has 3 rings (SSSR count). The molecule has 29 heavy (non-hydrogen) atoms. The molecular weight excluding hydrogens is 374 g/mol. The maximum Gasteiger partial charge on any atom is 0.291 e. The Hall–Kier alpha value is -4.20. The Morgan fingerprint density at radius 1 is 1.03 bits per heavy atom. The number of nitrogens with one attached hydrogen (secondary N) is 2. The summed E-state index contributed by atoms with van der Waals surface area (Å²) in [5.74, 6) is -1.12. The van der Waals surface area contributed by atoms with Gasteiger partial charge in [0.05, 0.1) is 11.2 Å². The zero-order valence-corrected chi connectivity index (χ0v) is 15.2. The Morgan fingerprint density at radius 2 is 1.83 bits per heavy atom. The van der Waals surface area contributed by atoms with Crippen LogP contribution in [0.3, 0.4) is 0 Å². The van der Waals surface area contributed by atoms with E-state index in [9.17, 15) is 19.7 Å². The van der Waals surface area contributed by atoms with E-state index in [1.807, 2.05) is 30.3 Å². The molecule has 8 nitrogen and oxygen atoms in total. The minimum atomic E-state index is -0.610. The number of nitro benzene ring substituents is 1. The summed E-state index contributed by atoms with van der Waals surface area (Å²) in [6.07, 6.45) is 2.71. The molecule has 0 spiro atoms. The third kappa shape index (κ3) is 5.39. The quantitative estimate of drug-likeness (QED) is 0.364. The van der Waals surface area contributed by atoms with Gasteiger partial charge >= 0.3 is 0 Å². The number of rotatable bonds is 7. The Balaban J connectivity index is 1.84. The van der Waals surface area contributed by atoms with Gasteiger partial charge in [0.15, 0.2) is 5.76 Å². The van der Waals surface area contributed by atoms with Gasteiger partial charge in [-0.1, -0.05) is 42.5 Å².